The summed E-state index contributed by atoms with van der Waals surface area (Å²) in [5, 5.41) is 0.532. The highest BCUT2D eigenvalue weighted by atomic mass is 16.5. The lowest BCUT2D eigenvalue weighted by atomic mass is 9.98. The Morgan fingerprint density at radius 3 is 2.52 bits per heavy atom. The fourth-order valence-corrected chi connectivity index (χ4v) is 4.01. The molecular weight excluding hydrogens is 394 g/mol. The Balaban J connectivity index is 1.55. The number of carbonyl (C=O) groups is 1. The zero-order chi connectivity index (χ0) is 22.0. The second-order valence-corrected chi connectivity index (χ2v) is 7.65. The second kappa shape index (κ2) is 8.79. The topological polar surface area (TPSA) is 73.7 Å². The van der Waals surface area contributed by atoms with Gasteiger partial charge >= 0.3 is 0 Å². The van der Waals surface area contributed by atoms with Gasteiger partial charge in [-0.2, -0.15) is 0 Å². The molecule has 0 atom stereocenters. The van der Waals surface area contributed by atoms with Crippen LogP contribution in [-0.4, -0.2) is 40.1 Å². The molecule has 1 aliphatic heterocycles. The normalized spacial score (nSPS) is 13.2. The van der Waals surface area contributed by atoms with Gasteiger partial charge in [-0.3, -0.25) is 14.2 Å². The van der Waals surface area contributed by atoms with E-state index < -0.39 is 0 Å². The van der Waals surface area contributed by atoms with Gasteiger partial charge in [-0.1, -0.05) is 12.1 Å². The molecule has 0 fully saturated rings. The van der Waals surface area contributed by atoms with Crippen molar-refractivity contribution in [1.29, 1.82) is 0 Å². The number of nitrogens with zero attached hydrogens (tertiary/aromatic N) is 3. The summed E-state index contributed by atoms with van der Waals surface area (Å²) in [5.41, 5.74) is 3.63. The first-order valence-electron chi connectivity index (χ1n) is 10.7. The quantitative estimate of drug-likeness (QED) is 0.612. The Hall–Kier alpha value is -3.35. The minimum atomic E-state index is -0.195. The number of hydrogen-bond acceptors (Lipinski definition) is 5. The highest BCUT2D eigenvalue weighted by Gasteiger charge is 2.23. The third kappa shape index (κ3) is 4.13. The number of aryl methyl sites for hydroxylation is 1. The van der Waals surface area contributed by atoms with Crippen molar-refractivity contribution in [3.8, 4) is 11.5 Å². The summed E-state index contributed by atoms with van der Waals surface area (Å²) in [4.78, 5) is 32.0. The Morgan fingerprint density at radius 2 is 1.81 bits per heavy atom. The van der Waals surface area contributed by atoms with Gasteiger partial charge in [0, 0.05) is 13.1 Å². The minimum Gasteiger partial charge on any atom is -0.490 e. The molecule has 1 aromatic heterocycles. The smallest absolute Gasteiger partial charge is 0.261 e. The lowest BCUT2D eigenvalue weighted by molar-refractivity contribution is -0.132. The molecular formula is C24H27N3O4. The van der Waals surface area contributed by atoms with E-state index in [1.807, 2.05) is 45.0 Å². The Labute approximate surface area is 181 Å². The molecule has 0 saturated carbocycles. The van der Waals surface area contributed by atoms with E-state index in [4.69, 9.17) is 9.47 Å². The van der Waals surface area contributed by atoms with Crippen LogP contribution in [0.25, 0.3) is 10.9 Å². The van der Waals surface area contributed by atoms with Crippen LogP contribution in [0.2, 0.25) is 0 Å². The summed E-state index contributed by atoms with van der Waals surface area (Å²) < 4.78 is 12.8. The fourth-order valence-electron chi connectivity index (χ4n) is 4.01. The maximum Gasteiger partial charge on any atom is 0.261 e. The van der Waals surface area contributed by atoms with Gasteiger partial charge in [0.15, 0.2) is 11.5 Å². The fraction of sp³-hybridized carbons (Fsp3) is 0.375. The first kappa shape index (κ1) is 20.9. The van der Waals surface area contributed by atoms with E-state index in [1.54, 1.807) is 11.0 Å². The van der Waals surface area contributed by atoms with Gasteiger partial charge in [-0.05, 0) is 62.1 Å². The molecule has 0 saturated heterocycles. The highest BCUT2D eigenvalue weighted by molar-refractivity contribution is 5.81. The number of amides is 1. The SMILES string of the molecule is CCOc1cc2c(cc1OCC)CN(C(=O)Cn1cnc3c(C)cccc3c1=O)CC2. The average molecular weight is 421 g/mol. The van der Waals surface area contributed by atoms with Crippen LogP contribution in [0.1, 0.15) is 30.5 Å². The number of aromatic nitrogens is 2. The molecule has 1 aliphatic rings. The number of hydrogen-bond donors (Lipinski definition) is 0. The van der Waals surface area contributed by atoms with Crippen molar-refractivity contribution in [2.24, 2.45) is 0 Å². The molecule has 7 nitrogen and oxygen atoms in total. The van der Waals surface area contributed by atoms with Gasteiger partial charge in [-0.25, -0.2) is 4.98 Å². The predicted octanol–water partition coefficient (Wildman–Crippen LogP) is 3.09. The van der Waals surface area contributed by atoms with Crippen LogP contribution in [0.15, 0.2) is 41.5 Å². The molecule has 2 heterocycles. The number of benzene rings is 2. The monoisotopic (exact) mass is 421 g/mol. The third-order valence-corrected chi connectivity index (χ3v) is 5.59. The predicted molar refractivity (Wildman–Crippen MR) is 119 cm³/mol. The molecule has 3 aromatic rings. The third-order valence-electron chi connectivity index (χ3n) is 5.59. The number of para-hydroxylation sites is 1. The van der Waals surface area contributed by atoms with Crippen LogP contribution in [0, 0.1) is 6.92 Å². The lowest BCUT2D eigenvalue weighted by Gasteiger charge is -2.30. The molecule has 162 valence electrons. The number of rotatable bonds is 6. The van der Waals surface area contributed by atoms with Crippen LogP contribution < -0.4 is 15.0 Å². The van der Waals surface area contributed by atoms with Gasteiger partial charge in [0.2, 0.25) is 5.91 Å². The van der Waals surface area contributed by atoms with Crippen LogP contribution in [0.3, 0.4) is 0 Å². The van der Waals surface area contributed by atoms with Gasteiger partial charge < -0.3 is 14.4 Å². The first-order valence-corrected chi connectivity index (χ1v) is 10.7. The summed E-state index contributed by atoms with van der Waals surface area (Å²) >= 11 is 0. The summed E-state index contributed by atoms with van der Waals surface area (Å²) in [6.45, 7) is 7.96. The zero-order valence-corrected chi connectivity index (χ0v) is 18.2. The van der Waals surface area contributed by atoms with Crippen LogP contribution >= 0.6 is 0 Å². The lowest BCUT2D eigenvalue weighted by Crippen LogP contribution is -2.39. The van der Waals surface area contributed by atoms with Crippen molar-refractivity contribution >= 4 is 16.8 Å². The van der Waals surface area contributed by atoms with Gasteiger partial charge in [0.05, 0.1) is 30.4 Å². The van der Waals surface area contributed by atoms with Crippen LogP contribution in [-0.2, 0) is 24.3 Å². The Kier molecular flexibility index (Phi) is 5.93. The van der Waals surface area contributed by atoms with Crippen molar-refractivity contribution in [3.63, 3.8) is 0 Å². The van der Waals surface area contributed by atoms with E-state index in [9.17, 15) is 9.59 Å². The van der Waals surface area contributed by atoms with E-state index in [2.05, 4.69) is 4.98 Å². The largest absolute Gasteiger partial charge is 0.490 e. The van der Waals surface area contributed by atoms with Crippen LogP contribution in [0.4, 0.5) is 0 Å². The van der Waals surface area contributed by atoms with Crippen molar-refractivity contribution in [2.45, 2.75) is 40.3 Å². The number of carbonyl (C=O) groups excluding carboxylic acids is 1. The van der Waals surface area contributed by atoms with E-state index in [-0.39, 0.29) is 18.0 Å². The van der Waals surface area contributed by atoms with Gasteiger partial charge in [0.25, 0.3) is 5.56 Å². The van der Waals surface area contributed by atoms with Crippen molar-refractivity contribution in [1.82, 2.24) is 14.5 Å². The van der Waals surface area contributed by atoms with Crippen molar-refractivity contribution in [2.75, 3.05) is 19.8 Å². The molecule has 0 spiro atoms. The zero-order valence-electron chi connectivity index (χ0n) is 18.2. The summed E-state index contributed by atoms with van der Waals surface area (Å²) in [5.74, 6) is 1.34. The molecule has 0 bridgehead atoms. The maximum atomic E-state index is 13.0. The summed E-state index contributed by atoms with van der Waals surface area (Å²) in [6.07, 6.45) is 2.20. The second-order valence-electron chi connectivity index (χ2n) is 7.65. The highest BCUT2D eigenvalue weighted by Crippen LogP contribution is 2.34. The van der Waals surface area contributed by atoms with Crippen molar-refractivity contribution < 1.29 is 14.3 Å². The molecule has 4 rings (SSSR count). The molecule has 0 unspecified atom stereocenters. The standard InChI is InChI=1S/C24H27N3O4/c1-4-30-20-11-17-9-10-26(13-18(17)12-21(20)31-5-2)22(28)14-27-15-25-23-16(3)7-6-8-19(23)24(27)29/h6-8,11-12,15H,4-5,9-10,13-14H2,1-3H3. The van der Waals surface area contributed by atoms with Crippen molar-refractivity contribution in [3.05, 3.63) is 63.7 Å². The molecule has 0 aliphatic carbocycles. The summed E-state index contributed by atoms with van der Waals surface area (Å²) in [6, 6.07) is 9.49. The molecule has 1 amide bonds. The molecule has 2 aromatic carbocycles. The van der Waals surface area contributed by atoms with Crippen LogP contribution in [0.5, 0.6) is 11.5 Å². The average Bonchev–Trinajstić information content (AvgIpc) is 2.76. The molecule has 0 N–H and O–H groups in total. The van der Waals surface area contributed by atoms with Gasteiger partial charge in [0.1, 0.15) is 6.54 Å². The van der Waals surface area contributed by atoms with E-state index in [0.717, 1.165) is 28.9 Å². The Morgan fingerprint density at radius 1 is 1.10 bits per heavy atom. The van der Waals surface area contributed by atoms with E-state index >= 15 is 0 Å². The molecule has 31 heavy (non-hydrogen) atoms. The number of ether oxygens (including phenoxy) is 2. The molecule has 7 heteroatoms. The number of fused-ring (bicyclic) bond motifs is 2. The summed E-state index contributed by atoms with van der Waals surface area (Å²) in [7, 11) is 0. The Bertz CT molecular complexity index is 1190. The first-order chi connectivity index (χ1) is 15.0. The molecule has 0 radical (unpaired) electrons. The minimum absolute atomic E-state index is 0.0274. The maximum absolute atomic E-state index is 13.0. The van der Waals surface area contributed by atoms with E-state index in [0.29, 0.717) is 43.0 Å². The van der Waals surface area contributed by atoms with E-state index in [1.165, 1.54) is 10.9 Å². The van der Waals surface area contributed by atoms with Gasteiger partial charge in [-0.15, -0.1) is 0 Å².